The second kappa shape index (κ2) is 7.81. The highest BCUT2D eigenvalue weighted by molar-refractivity contribution is 5.69. The molecule has 23 heavy (non-hydrogen) atoms. The molecule has 0 bridgehead atoms. The van der Waals surface area contributed by atoms with E-state index in [0.717, 1.165) is 45.4 Å². The van der Waals surface area contributed by atoms with E-state index in [2.05, 4.69) is 17.3 Å². The normalized spacial score (nSPS) is 18.4. The van der Waals surface area contributed by atoms with Gasteiger partial charge in [-0.15, -0.1) is 0 Å². The molecule has 6 heteroatoms. The molecule has 1 aliphatic rings. The first-order valence-electron chi connectivity index (χ1n) is 8.61. The van der Waals surface area contributed by atoms with Crippen LogP contribution in [0.1, 0.15) is 52.7 Å². The molecule has 130 valence electrons. The lowest BCUT2D eigenvalue weighted by molar-refractivity contribution is 0.0226. The number of hydrogen-bond acceptors (Lipinski definition) is 4. The van der Waals surface area contributed by atoms with E-state index in [0.29, 0.717) is 0 Å². The monoisotopic (exact) mass is 322 g/mol. The number of aromatic nitrogens is 2. The van der Waals surface area contributed by atoms with Crippen molar-refractivity contribution in [1.82, 2.24) is 20.0 Å². The predicted octanol–water partition coefficient (Wildman–Crippen LogP) is 2.78. The van der Waals surface area contributed by atoms with Gasteiger partial charge in [0.1, 0.15) is 5.60 Å². The van der Waals surface area contributed by atoms with Crippen molar-refractivity contribution in [3.63, 3.8) is 0 Å². The summed E-state index contributed by atoms with van der Waals surface area (Å²) in [5.74, 6) is 0. The largest absolute Gasteiger partial charge is 0.444 e. The number of rotatable bonds is 6. The van der Waals surface area contributed by atoms with E-state index >= 15 is 0 Å². The maximum atomic E-state index is 12.3. The molecular weight excluding hydrogens is 292 g/mol. The van der Waals surface area contributed by atoms with Crippen molar-refractivity contribution in [3.05, 3.63) is 18.0 Å². The molecule has 1 unspecified atom stereocenters. The number of amides is 1. The number of hydrogen-bond donors (Lipinski definition) is 1. The summed E-state index contributed by atoms with van der Waals surface area (Å²) in [6, 6.07) is 2.26. The van der Waals surface area contributed by atoms with Gasteiger partial charge in [0.05, 0.1) is 5.69 Å². The van der Waals surface area contributed by atoms with E-state index in [4.69, 9.17) is 4.74 Å². The molecule has 1 fully saturated rings. The number of carbonyl (C=O) groups excluding carboxylic acids is 1. The summed E-state index contributed by atoms with van der Waals surface area (Å²) in [4.78, 5) is 14.1. The van der Waals surface area contributed by atoms with Crippen LogP contribution in [0, 0.1) is 0 Å². The van der Waals surface area contributed by atoms with Crippen LogP contribution < -0.4 is 5.32 Å². The highest BCUT2D eigenvalue weighted by atomic mass is 16.6. The van der Waals surface area contributed by atoms with Crippen LogP contribution in [0.4, 0.5) is 4.79 Å². The third-order valence-corrected chi connectivity index (χ3v) is 3.93. The molecule has 0 aliphatic carbocycles. The molecule has 0 radical (unpaired) electrons. The van der Waals surface area contributed by atoms with Crippen molar-refractivity contribution < 1.29 is 9.53 Å². The molecular formula is C17H30N4O2. The number of nitrogens with zero attached hydrogens (tertiary/aromatic N) is 3. The fraction of sp³-hybridized carbons (Fsp3) is 0.765. The van der Waals surface area contributed by atoms with Gasteiger partial charge >= 0.3 is 6.09 Å². The molecule has 2 rings (SSSR count). The smallest absolute Gasteiger partial charge is 0.410 e. The molecule has 1 saturated heterocycles. The van der Waals surface area contributed by atoms with Crippen LogP contribution in [0.2, 0.25) is 0 Å². The topological polar surface area (TPSA) is 59.4 Å². The lowest BCUT2D eigenvalue weighted by Crippen LogP contribution is -2.44. The van der Waals surface area contributed by atoms with Gasteiger partial charge in [0.15, 0.2) is 0 Å². The number of likely N-dealkylation sites (tertiary alicyclic amines) is 1. The Bertz CT molecular complexity index is 507. The van der Waals surface area contributed by atoms with Crippen molar-refractivity contribution in [1.29, 1.82) is 0 Å². The zero-order valence-corrected chi connectivity index (χ0v) is 14.8. The summed E-state index contributed by atoms with van der Waals surface area (Å²) in [6.45, 7) is 11.2. The van der Waals surface area contributed by atoms with Gasteiger partial charge in [-0.2, -0.15) is 5.10 Å². The number of carbonyl (C=O) groups is 1. The fourth-order valence-electron chi connectivity index (χ4n) is 2.90. The minimum Gasteiger partial charge on any atom is -0.444 e. The molecule has 6 nitrogen and oxygen atoms in total. The SMILES string of the molecule is CCCn1nccc1CNCC1CCCN1C(=O)OC(C)(C)C. The number of nitrogens with one attached hydrogen (secondary N) is 1. The van der Waals surface area contributed by atoms with Crippen molar-refractivity contribution in [2.75, 3.05) is 13.1 Å². The van der Waals surface area contributed by atoms with Crippen molar-refractivity contribution in [2.45, 2.75) is 71.7 Å². The Kier molecular flexibility index (Phi) is 6.04. The Balaban J connectivity index is 1.82. The predicted molar refractivity (Wildman–Crippen MR) is 90.2 cm³/mol. The summed E-state index contributed by atoms with van der Waals surface area (Å²) in [7, 11) is 0. The third-order valence-electron chi connectivity index (χ3n) is 3.93. The Morgan fingerprint density at radius 3 is 2.96 bits per heavy atom. The summed E-state index contributed by atoms with van der Waals surface area (Å²) in [5.41, 5.74) is 0.748. The van der Waals surface area contributed by atoms with E-state index in [1.807, 2.05) is 42.6 Å². The van der Waals surface area contributed by atoms with Crippen molar-refractivity contribution in [2.24, 2.45) is 0 Å². The van der Waals surface area contributed by atoms with Crippen LogP contribution in [0.3, 0.4) is 0 Å². The maximum Gasteiger partial charge on any atom is 0.410 e. The van der Waals surface area contributed by atoms with Gasteiger partial charge in [0, 0.05) is 38.4 Å². The minimum absolute atomic E-state index is 0.196. The van der Waals surface area contributed by atoms with Gasteiger partial charge in [-0.1, -0.05) is 6.92 Å². The lowest BCUT2D eigenvalue weighted by Gasteiger charge is -2.28. The summed E-state index contributed by atoms with van der Waals surface area (Å²) in [6.07, 6.45) is 4.79. The van der Waals surface area contributed by atoms with Crippen LogP contribution in [0.25, 0.3) is 0 Å². The first kappa shape index (κ1) is 17.8. The second-order valence-electron chi connectivity index (χ2n) is 7.15. The van der Waals surface area contributed by atoms with Gasteiger partial charge < -0.3 is 15.0 Å². The Hall–Kier alpha value is -1.56. The van der Waals surface area contributed by atoms with Crippen molar-refractivity contribution >= 4 is 6.09 Å². The molecule has 1 aromatic rings. The van der Waals surface area contributed by atoms with Crippen LogP contribution >= 0.6 is 0 Å². The van der Waals surface area contributed by atoms with Crippen molar-refractivity contribution in [3.8, 4) is 0 Å². The average Bonchev–Trinajstić information content (AvgIpc) is 3.07. The number of aryl methyl sites for hydroxylation is 1. The molecule has 1 atom stereocenters. The van der Waals surface area contributed by atoms with Gasteiger partial charge in [-0.3, -0.25) is 4.68 Å². The van der Waals surface area contributed by atoms with Crippen LogP contribution in [0.5, 0.6) is 0 Å². The maximum absolute atomic E-state index is 12.3. The first-order chi connectivity index (χ1) is 10.9. The van der Waals surface area contributed by atoms with Gasteiger partial charge in [0.2, 0.25) is 0 Å². The van der Waals surface area contributed by atoms with E-state index in [9.17, 15) is 4.79 Å². The van der Waals surface area contributed by atoms with E-state index in [1.165, 1.54) is 5.69 Å². The van der Waals surface area contributed by atoms with Gasteiger partial charge in [-0.25, -0.2) is 4.79 Å². The Morgan fingerprint density at radius 1 is 1.48 bits per heavy atom. The molecule has 1 N–H and O–H groups in total. The summed E-state index contributed by atoms with van der Waals surface area (Å²) < 4.78 is 7.54. The molecule has 1 amide bonds. The molecule has 1 aromatic heterocycles. The molecule has 0 saturated carbocycles. The van der Waals surface area contributed by atoms with Crippen LogP contribution in [-0.4, -0.2) is 45.5 Å². The first-order valence-corrected chi connectivity index (χ1v) is 8.61. The molecule has 1 aliphatic heterocycles. The molecule has 0 aromatic carbocycles. The second-order valence-corrected chi connectivity index (χ2v) is 7.15. The summed E-state index contributed by atoms with van der Waals surface area (Å²) in [5, 5.41) is 7.80. The zero-order valence-electron chi connectivity index (χ0n) is 14.8. The number of ether oxygens (including phenoxy) is 1. The highest BCUT2D eigenvalue weighted by Crippen LogP contribution is 2.20. The van der Waals surface area contributed by atoms with E-state index in [-0.39, 0.29) is 12.1 Å². The highest BCUT2D eigenvalue weighted by Gasteiger charge is 2.31. The van der Waals surface area contributed by atoms with E-state index in [1.54, 1.807) is 0 Å². The minimum atomic E-state index is -0.440. The zero-order chi connectivity index (χ0) is 16.9. The standard InChI is InChI=1S/C17H30N4O2/c1-5-10-21-15(8-9-19-21)13-18-12-14-7-6-11-20(14)16(22)23-17(2,3)4/h8-9,14,18H,5-7,10-13H2,1-4H3. The van der Waals surface area contributed by atoms with Gasteiger partial charge in [0.25, 0.3) is 0 Å². The fourth-order valence-corrected chi connectivity index (χ4v) is 2.90. The van der Waals surface area contributed by atoms with Crippen LogP contribution in [-0.2, 0) is 17.8 Å². The molecule has 0 spiro atoms. The lowest BCUT2D eigenvalue weighted by atomic mass is 10.2. The average molecular weight is 322 g/mol. The third kappa shape index (κ3) is 5.23. The molecule has 2 heterocycles. The van der Waals surface area contributed by atoms with Gasteiger partial charge in [-0.05, 0) is 46.1 Å². The Morgan fingerprint density at radius 2 is 2.26 bits per heavy atom. The quantitative estimate of drug-likeness (QED) is 0.875. The summed E-state index contributed by atoms with van der Waals surface area (Å²) >= 11 is 0. The van der Waals surface area contributed by atoms with Crippen LogP contribution in [0.15, 0.2) is 12.3 Å². The van der Waals surface area contributed by atoms with E-state index < -0.39 is 5.60 Å². The Labute approximate surface area is 139 Å².